The first-order valence-electron chi connectivity index (χ1n) is 5.54. The third kappa shape index (κ3) is 3.95. The molecule has 1 amide bonds. The zero-order chi connectivity index (χ0) is 12.8. The normalized spacial score (nSPS) is 19.1. The Morgan fingerprint density at radius 2 is 1.94 bits per heavy atom. The lowest BCUT2D eigenvalue weighted by molar-refractivity contribution is -0.144. The van der Waals surface area contributed by atoms with Crippen LogP contribution in [0.4, 0.5) is 0 Å². The maximum Gasteiger partial charge on any atom is 0.317 e. The van der Waals surface area contributed by atoms with E-state index in [0.29, 0.717) is 26.2 Å². The molecular weight excluding hydrogens is 226 g/mol. The number of piperazine rings is 1. The Morgan fingerprint density at radius 1 is 1.35 bits per heavy atom. The lowest BCUT2D eigenvalue weighted by atomic mass is 10.2. The third-order valence-electron chi connectivity index (χ3n) is 2.82. The molecule has 1 atom stereocenters. The average molecular weight is 245 g/mol. The predicted octanol–water partition coefficient (Wildman–Crippen LogP) is -1.81. The van der Waals surface area contributed by atoms with Gasteiger partial charge in [-0.2, -0.15) is 0 Å². The smallest absolute Gasteiger partial charge is 0.317 e. The van der Waals surface area contributed by atoms with E-state index in [1.807, 2.05) is 0 Å². The topological polar surface area (TPSA) is 96.1 Å². The number of hydrogen-bond donors (Lipinski definition) is 2. The summed E-state index contributed by atoms with van der Waals surface area (Å²) in [6, 6.07) is 0. The molecule has 7 nitrogen and oxygen atoms in total. The Balaban J connectivity index is 2.40. The Hall–Kier alpha value is -1.18. The molecule has 0 aliphatic carbocycles. The van der Waals surface area contributed by atoms with E-state index < -0.39 is 12.1 Å². The first-order chi connectivity index (χ1) is 8.08. The molecule has 1 fully saturated rings. The number of ether oxygens (including phenoxy) is 1. The van der Waals surface area contributed by atoms with Crippen molar-refractivity contribution in [1.29, 1.82) is 0 Å². The van der Waals surface area contributed by atoms with E-state index in [0.717, 1.165) is 0 Å². The maximum absolute atomic E-state index is 11.9. The standard InChI is InChI=1S/C10H19N3O4/c1-17-8(6-11)10(16)13-4-2-12(3-5-13)7-9(14)15/h8H,2-7,11H2,1H3,(H,14,15). The molecule has 0 bridgehead atoms. The number of carboxylic acid groups (broad SMARTS) is 1. The molecule has 0 aromatic heterocycles. The summed E-state index contributed by atoms with van der Waals surface area (Å²) in [6.45, 7) is 2.35. The number of amides is 1. The lowest BCUT2D eigenvalue weighted by Crippen LogP contribution is -2.53. The van der Waals surface area contributed by atoms with Crippen molar-refractivity contribution in [3.63, 3.8) is 0 Å². The number of carbonyl (C=O) groups is 2. The van der Waals surface area contributed by atoms with Crippen LogP contribution in [-0.2, 0) is 14.3 Å². The van der Waals surface area contributed by atoms with Crippen molar-refractivity contribution in [3.8, 4) is 0 Å². The van der Waals surface area contributed by atoms with Gasteiger partial charge in [0.1, 0.15) is 6.10 Å². The van der Waals surface area contributed by atoms with Gasteiger partial charge in [0.05, 0.1) is 6.54 Å². The highest BCUT2D eigenvalue weighted by molar-refractivity contribution is 5.81. The summed E-state index contributed by atoms with van der Waals surface area (Å²) < 4.78 is 4.98. The largest absolute Gasteiger partial charge is 0.480 e. The quantitative estimate of drug-likeness (QED) is 0.592. The van der Waals surface area contributed by atoms with Crippen LogP contribution in [0.5, 0.6) is 0 Å². The summed E-state index contributed by atoms with van der Waals surface area (Å²) in [6.07, 6.45) is -0.596. The summed E-state index contributed by atoms with van der Waals surface area (Å²) in [7, 11) is 1.45. The Labute approximate surface area is 100 Å². The van der Waals surface area contributed by atoms with Crippen LogP contribution in [0.1, 0.15) is 0 Å². The number of carbonyl (C=O) groups excluding carboxylic acids is 1. The van der Waals surface area contributed by atoms with Gasteiger partial charge in [0.15, 0.2) is 0 Å². The minimum Gasteiger partial charge on any atom is -0.480 e. The zero-order valence-corrected chi connectivity index (χ0v) is 9.96. The molecule has 0 aromatic carbocycles. The van der Waals surface area contributed by atoms with Gasteiger partial charge in [-0.15, -0.1) is 0 Å². The van der Waals surface area contributed by atoms with E-state index >= 15 is 0 Å². The fraction of sp³-hybridized carbons (Fsp3) is 0.800. The number of carboxylic acids is 1. The highest BCUT2D eigenvalue weighted by atomic mass is 16.5. The number of aliphatic carboxylic acids is 1. The predicted molar refractivity (Wildman–Crippen MR) is 60.5 cm³/mol. The van der Waals surface area contributed by atoms with Crippen LogP contribution in [-0.4, -0.2) is 79.3 Å². The van der Waals surface area contributed by atoms with Crippen LogP contribution in [0.3, 0.4) is 0 Å². The van der Waals surface area contributed by atoms with Crippen LogP contribution in [0.2, 0.25) is 0 Å². The molecule has 1 rings (SSSR count). The van der Waals surface area contributed by atoms with Gasteiger partial charge in [0.2, 0.25) is 0 Å². The molecule has 1 heterocycles. The fourth-order valence-corrected chi connectivity index (χ4v) is 1.82. The Bertz CT molecular complexity index is 273. The molecule has 7 heteroatoms. The molecule has 98 valence electrons. The molecule has 0 radical (unpaired) electrons. The van der Waals surface area contributed by atoms with Crippen LogP contribution in [0.25, 0.3) is 0 Å². The van der Waals surface area contributed by atoms with Crippen molar-refractivity contribution in [2.45, 2.75) is 6.10 Å². The van der Waals surface area contributed by atoms with Crippen LogP contribution >= 0.6 is 0 Å². The van der Waals surface area contributed by atoms with Gasteiger partial charge in [0.25, 0.3) is 5.91 Å². The Kier molecular flexibility index (Phi) is 5.33. The Morgan fingerprint density at radius 3 is 2.35 bits per heavy atom. The van der Waals surface area contributed by atoms with Gasteiger partial charge in [-0.1, -0.05) is 0 Å². The highest BCUT2D eigenvalue weighted by Crippen LogP contribution is 2.05. The van der Waals surface area contributed by atoms with Gasteiger partial charge >= 0.3 is 5.97 Å². The van der Waals surface area contributed by atoms with Crippen molar-refractivity contribution in [1.82, 2.24) is 9.80 Å². The molecule has 1 aliphatic heterocycles. The number of nitrogens with two attached hydrogens (primary N) is 1. The van der Waals surface area contributed by atoms with Crippen molar-refractivity contribution >= 4 is 11.9 Å². The number of hydrogen-bond acceptors (Lipinski definition) is 5. The van der Waals surface area contributed by atoms with E-state index in [9.17, 15) is 9.59 Å². The molecule has 1 saturated heterocycles. The SMILES string of the molecule is COC(CN)C(=O)N1CCN(CC(=O)O)CC1. The molecule has 17 heavy (non-hydrogen) atoms. The molecule has 0 spiro atoms. The van der Waals surface area contributed by atoms with Crippen molar-refractivity contribution in [2.24, 2.45) is 5.73 Å². The van der Waals surface area contributed by atoms with Crippen molar-refractivity contribution in [2.75, 3.05) is 46.4 Å². The van der Waals surface area contributed by atoms with Gasteiger partial charge in [0, 0.05) is 39.8 Å². The van der Waals surface area contributed by atoms with Crippen LogP contribution in [0.15, 0.2) is 0 Å². The van der Waals surface area contributed by atoms with E-state index in [4.69, 9.17) is 15.6 Å². The highest BCUT2D eigenvalue weighted by Gasteiger charge is 2.26. The lowest BCUT2D eigenvalue weighted by Gasteiger charge is -2.35. The minimum atomic E-state index is -0.846. The number of methoxy groups -OCH3 is 1. The third-order valence-corrected chi connectivity index (χ3v) is 2.82. The second kappa shape index (κ2) is 6.53. The number of rotatable bonds is 5. The van der Waals surface area contributed by atoms with Gasteiger partial charge < -0.3 is 20.5 Å². The van der Waals surface area contributed by atoms with Gasteiger partial charge in [-0.25, -0.2) is 0 Å². The first kappa shape index (κ1) is 13.9. The van der Waals surface area contributed by atoms with Gasteiger partial charge in [-0.05, 0) is 0 Å². The summed E-state index contributed by atoms with van der Waals surface area (Å²) >= 11 is 0. The molecule has 0 saturated carbocycles. The van der Waals surface area contributed by atoms with E-state index in [1.165, 1.54) is 7.11 Å². The van der Waals surface area contributed by atoms with E-state index in [1.54, 1.807) is 9.80 Å². The van der Waals surface area contributed by atoms with E-state index in [-0.39, 0.29) is 19.0 Å². The maximum atomic E-state index is 11.9. The van der Waals surface area contributed by atoms with Crippen molar-refractivity contribution < 1.29 is 19.4 Å². The summed E-state index contributed by atoms with van der Waals surface area (Å²) in [5.41, 5.74) is 5.42. The summed E-state index contributed by atoms with van der Waals surface area (Å²) in [5.74, 6) is -0.966. The minimum absolute atomic E-state index is 0.0205. The average Bonchev–Trinajstić information content (AvgIpc) is 2.30. The molecular formula is C10H19N3O4. The van der Waals surface area contributed by atoms with E-state index in [2.05, 4.69) is 0 Å². The molecule has 0 aromatic rings. The molecule has 1 aliphatic rings. The summed E-state index contributed by atoms with van der Waals surface area (Å²) in [5, 5.41) is 8.65. The molecule has 1 unspecified atom stereocenters. The summed E-state index contributed by atoms with van der Waals surface area (Å²) in [4.78, 5) is 25.9. The fourth-order valence-electron chi connectivity index (χ4n) is 1.82. The second-order valence-corrected chi connectivity index (χ2v) is 3.96. The van der Waals surface area contributed by atoms with Gasteiger partial charge in [-0.3, -0.25) is 14.5 Å². The van der Waals surface area contributed by atoms with Crippen LogP contribution in [0, 0.1) is 0 Å². The van der Waals surface area contributed by atoms with Crippen LogP contribution < -0.4 is 5.73 Å². The second-order valence-electron chi connectivity index (χ2n) is 3.96. The van der Waals surface area contributed by atoms with Crippen molar-refractivity contribution in [3.05, 3.63) is 0 Å². The molecule has 3 N–H and O–H groups in total. The monoisotopic (exact) mass is 245 g/mol. The first-order valence-corrected chi connectivity index (χ1v) is 5.54. The zero-order valence-electron chi connectivity index (χ0n) is 9.96. The number of nitrogens with zero attached hydrogens (tertiary/aromatic N) is 2.